The quantitative estimate of drug-likeness (QED) is 0.488. The van der Waals surface area contributed by atoms with Crippen molar-refractivity contribution in [1.29, 1.82) is 0 Å². The molecule has 0 aromatic heterocycles. The lowest BCUT2D eigenvalue weighted by atomic mass is 10.1. The number of fused-ring (bicyclic) bond motifs is 1. The van der Waals surface area contributed by atoms with Crippen LogP contribution in [0.15, 0.2) is 0 Å². The Morgan fingerprint density at radius 3 is 3.22 bits per heavy atom. The zero-order valence-electron chi connectivity index (χ0n) is 5.47. The van der Waals surface area contributed by atoms with Gasteiger partial charge in [-0.25, -0.2) is 0 Å². The zero-order chi connectivity index (χ0) is 6.32. The summed E-state index contributed by atoms with van der Waals surface area (Å²) in [5.74, 6) is 0. The van der Waals surface area contributed by atoms with Crippen LogP contribution in [0, 0.1) is 0 Å². The third kappa shape index (κ3) is 0.689. The van der Waals surface area contributed by atoms with E-state index in [1.807, 2.05) is 0 Å². The van der Waals surface area contributed by atoms with Gasteiger partial charge in [-0.1, -0.05) is 0 Å². The topological polar surface area (TPSA) is 38.5 Å². The fraction of sp³-hybridized carbons (Fsp3) is 1.00. The lowest BCUT2D eigenvalue weighted by molar-refractivity contribution is 0.142. The largest absolute Gasteiger partial charge is 0.363 e. The molecule has 2 saturated heterocycles. The second kappa shape index (κ2) is 1.68. The molecule has 0 aromatic rings. The summed E-state index contributed by atoms with van der Waals surface area (Å²) in [6.07, 6.45) is 2.34. The van der Waals surface area contributed by atoms with Crippen LogP contribution in [0.3, 0.4) is 0 Å². The number of hydrogen-bond donors (Lipinski definition) is 1. The summed E-state index contributed by atoms with van der Waals surface area (Å²) < 4.78 is 5.22. The summed E-state index contributed by atoms with van der Waals surface area (Å²) >= 11 is 0. The maximum Gasteiger partial charge on any atom is 0.101 e. The summed E-state index contributed by atoms with van der Waals surface area (Å²) in [6, 6.07) is 0. The van der Waals surface area contributed by atoms with E-state index in [-0.39, 0.29) is 5.66 Å². The zero-order valence-corrected chi connectivity index (χ0v) is 5.47. The van der Waals surface area contributed by atoms with Gasteiger partial charge in [0.25, 0.3) is 0 Å². The van der Waals surface area contributed by atoms with Crippen molar-refractivity contribution in [1.82, 2.24) is 4.90 Å². The van der Waals surface area contributed by atoms with Crippen molar-refractivity contribution in [3.63, 3.8) is 0 Å². The molecule has 2 fully saturated rings. The minimum atomic E-state index is -0.0833. The molecule has 2 N–H and O–H groups in total. The molecule has 1 atom stereocenters. The Hall–Kier alpha value is -0.120. The first-order valence-electron chi connectivity index (χ1n) is 3.43. The first-order chi connectivity index (χ1) is 4.31. The van der Waals surface area contributed by atoms with E-state index in [1.54, 1.807) is 0 Å². The molecule has 3 heteroatoms. The van der Waals surface area contributed by atoms with E-state index in [0.29, 0.717) is 0 Å². The van der Waals surface area contributed by atoms with Crippen LogP contribution < -0.4 is 5.73 Å². The summed E-state index contributed by atoms with van der Waals surface area (Å²) in [5, 5.41) is 0. The fourth-order valence-electron chi connectivity index (χ4n) is 1.65. The van der Waals surface area contributed by atoms with E-state index in [2.05, 4.69) is 4.90 Å². The van der Waals surface area contributed by atoms with Gasteiger partial charge >= 0.3 is 0 Å². The second-order valence-electron chi connectivity index (χ2n) is 2.95. The van der Waals surface area contributed by atoms with E-state index >= 15 is 0 Å². The molecular formula is C6H12N2O. The molecule has 0 amide bonds. The molecule has 0 unspecified atom stereocenters. The van der Waals surface area contributed by atoms with Crippen LogP contribution in [0.2, 0.25) is 0 Å². The highest BCUT2D eigenvalue weighted by Gasteiger charge is 2.41. The predicted molar refractivity (Wildman–Crippen MR) is 33.7 cm³/mol. The Bertz CT molecular complexity index is 116. The minimum absolute atomic E-state index is 0.0833. The maximum atomic E-state index is 5.97. The Morgan fingerprint density at radius 2 is 2.44 bits per heavy atom. The fourth-order valence-corrected chi connectivity index (χ4v) is 1.65. The van der Waals surface area contributed by atoms with E-state index < -0.39 is 0 Å². The van der Waals surface area contributed by atoms with E-state index in [9.17, 15) is 0 Å². The highest BCUT2D eigenvalue weighted by molar-refractivity contribution is 4.92. The first-order valence-corrected chi connectivity index (χ1v) is 3.43. The van der Waals surface area contributed by atoms with Gasteiger partial charge in [-0.15, -0.1) is 0 Å². The molecule has 0 aliphatic carbocycles. The van der Waals surface area contributed by atoms with Gasteiger partial charge in [0, 0.05) is 6.54 Å². The lowest BCUT2D eigenvalue weighted by Gasteiger charge is -2.23. The molecule has 9 heavy (non-hydrogen) atoms. The van der Waals surface area contributed by atoms with Gasteiger partial charge in [-0.2, -0.15) is 0 Å². The SMILES string of the molecule is N[C@]12CCCN1COC2. The monoisotopic (exact) mass is 128 g/mol. The highest BCUT2D eigenvalue weighted by Crippen LogP contribution is 2.28. The van der Waals surface area contributed by atoms with Crippen molar-refractivity contribution >= 4 is 0 Å². The van der Waals surface area contributed by atoms with Crippen LogP contribution in [0.5, 0.6) is 0 Å². The van der Waals surface area contributed by atoms with Crippen LogP contribution in [0.25, 0.3) is 0 Å². The van der Waals surface area contributed by atoms with Crippen LogP contribution >= 0.6 is 0 Å². The van der Waals surface area contributed by atoms with Crippen LogP contribution in [0.1, 0.15) is 12.8 Å². The molecule has 2 rings (SSSR count). The third-order valence-electron chi connectivity index (χ3n) is 2.27. The van der Waals surface area contributed by atoms with E-state index in [0.717, 1.165) is 26.3 Å². The average Bonchev–Trinajstić information content (AvgIpc) is 2.22. The molecule has 2 aliphatic heterocycles. The van der Waals surface area contributed by atoms with Crippen LogP contribution in [-0.4, -0.2) is 30.4 Å². The van der Waals surface area contributed by atoms with Gasteiger partial charge in [0.1, 0.15) is 6.73 Å². The van der Waals surface area contributed by atoms with Crippen molar-refractivity contribution in [2.45, 2.75) is 18.5 Å². The Kier molecular flexibility index (Phi) is 1.06. The van der Waals surface area contributed by atoms with Crippen molar-refractivity contribution in [3.8, 4) is 0 Å². The number of ether oxygens (including phenoxy) is 1. The molecule has 0 radical (unpaired) electrons. The molecular weight excluding hydrogens is 116 g/mol. The van der Waals surface area contributed by atoms with Crippen molar-refractivity contribution in [2.75, 3.05) is 19.9 Å². The Balaban J connectivity index is 2.17. The van der Waals surface area contributed by atoms with Gasteiger partial charge in [0.05, 0.1) is 12.3 Å². The highest BCUT2D eigenvalue weighted by atomic mass is 16.5. The van der Waals surface area contributed by atoms with Gasteiger partial charge in [0.15, 0.2) is 0 Å². The van der Waals surface area contributed by atoms with Crippen molar-refractivity contribution < 1.29 is 4.74 Å². The van der Waals surface area contributed by atoms with Crippen molar-refractivity contribution in [3.05, 3.63) is 0 Å². The maximum absolute atomic E-state index is 5.97. The molecule has 0 bridgehead atoms. The molecule has 2 aliphatic rings. The number of hydrogen-bond acceptors (Lipinski definition) is 3. The van der Waals surface area contributed by atoms with Gasteiger partial charge in [-0.3, -0.25) is 4.90 Å². The Labute approximate surface area is 54.8 Å². The third-order valence-corrected chi connectivity index (χ3v) is 2.27. The number of rotatable bonds is 0. The molecule has 0 aromatic carbocycles. The van der Waals surface area contributed by atoms with Gasteiger partial charge in [-0.05, 0) is 12.8 Å². The predicted octanol–water partition coefficient (Wildman–Crippen LogP) is -0.275. The summed E-state index contributed by atoms with van der Waals surface area (Å²) in [5.41, 5.74) is 5.88. The summed E-state index contributed by atoms with van der Waals surface area (Å²) in [6.45, 7) is 2.60. The van der Waals surface area contributed by atoms with E-state index in [1.165, 1.54) is 6.42 Å². The standard InChI is InChI=1S/C6H12N2O/c7-6-2-1-3-8(6)5-9-4-6/h1-5,7H2/t6-/m1/s1. The van der Waals surface area contributed by atoms with Crippen LogP contribution in [0.4, 0.5) is 0 Å². The molecule has 52 valence electrons. The van der Waals surface area contributed by atoms with Gasteiger partial charge < -0.3 is 10.5 Å². The molecule has 0 saturated carbocycles. The summed E-state index contributed by atoms with van der Waals surface area (Å²) in [7, 11) is 0. The van der Waals surface area contributed by atoms with E-state index in [4.69, 9.17) is 10.5 Å². The normalized spacial score (nSPS) is 43.7. The first kappa shape index (κ1) is 5.65. The van der Waals surface area contributed by atoms with Gasteiger partial charge in [0.2, 0.25) is 0 Å². The number of nitrogens with zero attached hydrogens (tertiary/aromatic N) is 1. The molecule has 3 nitrogen and oxygen atoms in total. The number of nitrogens with two attached hydrogens (primary N) is 1. The summed E-state index contributed by atoms with van der Waals surface area (Å²) in [4.78, 5) is 2.22. The Morgan fingerprint density at radius 1 is 1.56 bits per heavy atom. The second-order valence-corrected chi connectivity index (χ2v) is 2.95. The minimum Gasteiger partial charge on any atom is -0.363 e. The van der Waals surface area contributed by atoms with Crippen molar-refractivity contribution in [2.24, 2.45) is 5.73 Å². The lowest BCUT2D eigenvalue weighted by Crippen LogP contribution is -2.49. The molecule has 2 heterocycles. The van der Waals surface area contributed by atoms with Crippen LogP contribution in [-0.2, 0) is 4.74 Å². The molecule has 0 spiro atoms. The average molecular weight is 128 g/mol. The smallest absolute Gasteiger partial charge is 0.101 e.